The molecule has 5 rings (SSSR count). The Bertz CT molecular complexity index is 1490. The van der Waals surface area contributed by atoms with Crippen LogP contribution in [0.4, 0.5) is 10.5 Å². The van der Waals surface area contributed by atoms with Crippen molar-refractivity contribution in [1.82, 2.24) is 4.90 Å². The van der Waals surface area contributed by atoms with Gasteiger partial charge in [0.15, 0.2) is 11.5 Å². The number of para-hydroxylation sites is 1. The molecule has 0 aliphatic carbocycles. The number of rotatable bonds is 16. The third-order valence-corrected chi connectivity index (χ3v) is 8.88. The number of hydrogen-bond donors (Lipinski definition) is 2. The smallest absolute Gasteiger partial charge is 0.407 e. The molecule has 1 fully saturated rings. The predicted octanol–water partition coefficient (Wildman–Crippen LogP) is 6.46. The van der Waals surface area contributed by atoms with E-state index >= 15 is 0 Å². The summed E-state index contributed by atoms with van der Waals surface area (Å²) in [6.07, 6.45) is 2.31. The van der Waals surface area contributed by atoms with Gasteiger partial charge >= 0.3 is 6.09 Å². The van der Waals surface area contributed by atoms with Crippen molar-refractivity contribution in [1.29, 1.82) is 0 Å². The normalized spacial score (nSPS) is 18.0. The van der Waals surface area contributed by atoms with Crippen LogP contribution in [0.2, 0.25) is 0 Å². The van der Waals surface area contributed by atoms with Crippen LogP contribution in [-0.4, -0.2) is 82.4 Å². The van der Waals surface area contributed by atoms with E-state index < -0.39 is 6.09 Å². The molecule has 0 radical (unpaired) electrons. The van der Waals surface area contributed by atoms with Crippen LogP contribution in [0, 0.1) is 0 Å². The van der Waals surface area contributed by atoms with E-state index in [9.17, 15) is 14.7 Å². The van der Waals surface area contributed by atoms with Gasteiger partial charge in [0.25, 0.3) is 0 Å². The van der Waals surface area contributed by atoms with Crippen LogP contribution >= 0.6 is 0 Å². The summed E-state index contributed by atoms with van der Waals surface area (Å²) in [5, 5.41) is 12.8. The highest BCUT2D eigenvalue weighted by atomic mass is 16.5. The molecule has 1 saturated heterocycles. The maximum Gasteiger partial charge on any atom is 0.407 e. The molecule has 2 N–H and O–H groups in total. The van der Waals surface area contributed by atoms with Crippen LogP contribution in [0.1, 0.15) is 60.8 Å². The molecule has 0 bridgehead atoms. The zero-order valence-corrected chi connectivity index (χ0v) is 27.9. The van der Waals surface area contributed by atoms with E-state index in [-0.39, 0.29) is 30.6 Å². The summed E-state index contributed by atoms with van der Waals surface area (Å²) >= 11 is 0. The number of aryl methyl sites for hydroxylation is 1. The number of carboxylic acid groups (broad SMARTS) is 1. The van der Waals surface area contributed by atoms with E-state index in [0.29, 0.717) is 75.7 Å². The Morgan fingerprint density at radius 3 is 2.40 bits per heavy atom. The fourth-order valence-electron chi connectivity index (χ4n) is 6.33. The lowest BCUT2D eigenvalue weighted by Crippen LogP contribution is -2.46. The van der Waals surface area contributed by atoms with Crippen molar-refractivity contribution in [3.05, 3.63) is 77.4 Å². The van der Waals surface area contributed by atoms with E-state index in [4.69, 9.17) is 28.4 Å². The Morgan fingerprint density at radius 1 is 0.938 bits per heavy atom. The van der Waals surface area contributed by atoms with Gasteiger partial charge in [-0.1, -0.05) is 30.3 Å². The average molecular weight is 663 g/mol. The molecule has 2 aliphatic rings. The minimum absolute atomic E-state index is 0.00947. The fourth-order valence-corrected chi connectivity index (χ4v) is 6.33. The Morgan fingerprint density at radius 2 is 1.69 bits per heavy atom. The summed E-state index contributed by atoms with van der Waals surface area (Å²) in [7, 11) is 4.86. The lowest BCUT2D eigenvalue weighted by atomic mass is 9.86. The number of likely N-dealkylation sites (tertiary alicyclic amines) is 1. The molecular weight excluding hydrogens is 616 g/mol. The average Bonchev–Trinajstić information content (AvgIpc) is 3.11. The molecule has 2 heterocycles. The predicted molar refractivity (Wildman–Crippen MR) is 181 cm³/mol. The first kappa shape index (κ1) is 34.8. The van der Waals surface area contributed by atoms with Crippen molar-refractivity contribution in [3.63, 3.8) is 0 Å². The Kier molecular flexibility index (Phi) is 12.4. The van der Waals surface area contributed by atoms with Crippen molar-refractivity contribution in [2.75, 3.05) is 59.6 Å². The zero-order chi connectivity index (χ0) is 33.9. The maximum absolute atomic E-state index is 12.1. The summed E-state index contributed by atoms with van der Waals surface area (Å²) in [6.45, 7) is 2.16. The van der Waals surface area contributed by atoms with Gasteiger partial charge in [-0.05, 0) is 72.7 Å². The molecule has 0 aromatic heterocycles. The third kappa shape index (κ3) is 8.90. The fraction of sp³-hybridized carbons (Fsp3) is 0.459. The number of nitrogens with zero attached hydrogens (tertiary/aromatic N) is 1. The van der Waals surface area contributed by atoms with Crippen LogP contribution in [0.3, 0.4) is 0 Å². The molecule has 3 aromatic carbocycles. The number of hydrogen-bond acceptors (Lipinski definition) is 8. The monoisotopic (exact) mass is 662 g/mol. The highest BCUT2D eigenvalue weighted by Gasteiger charge is 2.35. The number of amides is 2. The number of piperidine rings is 1. The van der Waals surface area contributed by atoms with Crippen molar-refractivity contribution >= 4 is 17.7 Å². The largest absolute Gasteiger partial charge is 0.493 e. The van der Waals surface area contributed by atoms with Crippen molar-refractivity contribution in [3.8, 4) is 23.0 Å². The summed E-state index contributed by atoms with van der Waals surface area (Å²) in [5.41, 5.74) is 3.94. The lowest BCUT2D eigenvalue weighted by molar-refractivity contribution is -0.116. The first-order chi connectivity index (χ1) is 23.4. The molecular formula is C37H46N2O9. The summed E-state index contributed by atoms with van der Waals surface area (Å²) in [4.78, 5) is 25.5. The van der Waals surface area contributed by atoms with Gasteiger partial charge in [-0.3, -0.25) is 4.79 Å². The maximum atomic E-state index is 12.1. The second-order valence-electron chi connectivity index (χ2n) is 12.0. The van der Waals surface area contributed by atoms with Gasteiger partial charge in [0.1, 0.15) is 5.75 Å². The standard InChI is InChI=1S/C37H46N2O9/c1-43-20-5-9-31(27-11-10-26-14-17-35(40)38-30(26)23-27)48-34-24-39(37(41)42)19-18-29(34)25-12-15-28(16-13-25)46-21-6-22-47-36-32(44-2)7-4-8-33(36)45-3/h4,7-8,10-13,15-16,23,29,31,34H,5-6,9,14,17-22,24H2,1-3H3,(H,38,40)(H,41,42). The molecule has 3 atom stereocenters. The summed E-state index contributed by atoms with van der Waals surface area (Å²) in [6, 6.07) is 19.6. The van der Waals surface area contributed by atoms with E-state index in [1.807, 2.05) is 48.5 Å². The molecule has 11 heteroatoms. The molecule has 48 heavy (non-hydrogen) atoms. The number of ether oxygens (including phenoxy) is 6. The highest BCUT2D eigenvalue weighted by molar-refractivity contribution is 5.94. The number of nitrogens with one attached hydrogen (secondary N) is 1. The second-order valence-corrected chi connectivity index (χ2v) is 12.0. The number of carbonyl (C=O) groups excluding carboxylic acids is 1. The highest BCUT2D eigenvalue weighted by Crippen LogP contribution is 2.38. The van der Waals surface area contributed by atoms with Gasteiger partial charge in [0.2, 0.25) is 11.7 Å². The molecule has 2 amide bonds. The van der Waals surface area contributed by atoms with Crippen LogP contribution in [-0.2, 0) is 20.7 Å². The van der Waals surface area contributed by atoms with Gasteiger partial charge in [-0.2, -0.15) is 0 Å². The van der Waals surface area contributed by atoms with Crippen molar-refractivity contribution < 1.29 is 43.1 Å². The Labute approximate surface area is 282 Å². The summed E-state index contributed by atoms with van der Waals surface area (Å²) in [5.74, 6) is 2.52. The molecule has 11 nitrogen and oxygen atoms in total. The van der Waals surface area contributed by atoms with Gasteiger partial charge < -0.3 is 43.7 Å². The molecule has 2 aliphatic heterocycles. The molecule has 0 saturated carbocycles. The minimum atomic E-state index is -0.952. The second kappa shape index (κ2) is 17.1. The van der Waals surface area contributed by atoms with Crippen LogP contribution in [0.15, 0.2) is 60.7 Å². The van der Waals surface area contributed by atoms with Gasteiger partial charge in [-0.25, -0.2) is 4.79 Å². The van der Waals surface area contributed by atoms with E-state index in [2.05, 4.69) is 17.4 Å². The van der Waals surface area contributed by atoms with Crippen molar-refractivity contribution in [2.24, 2.45) is 0 Å². The van der Waals surface area contributed by atoms with Crippen LogP contribution < -0.4 is 24.3 Å². The van der Waals surface area contributed by atoms with Gasteiger partial charge in [0, 0.05) is 44.7 Å². The quantitative estimate of drug-likeness (QED) is 0.166. The molecule has 258 valence electrons. The number of fused-ring (bicyclic) bond motifs is 1. The molecule has 3 unspecified atom stereocenters. The zero-order valence-electron chi connectivity index (χ0n) is 27.9. The number of carbonyl (C=O) groups is 2. The van der Waals surface area contributed by atoms with Crippen LogP contribution in [0.5, 0.6) is 23.0 Å². The topological polar surface area (TPSA) is 125 Å². The minimum Gasteiger partial charge on any atom is -0.493 e. The number of benzene rings is 3. The Hall–Kier alpha value is -4.48. The van der Waals surface area contributed by atoms with Crippen molar-refractivity contribution in [2.45, 2.75) is 56.7 Å². The SMILES string of the molecule is COCCCC(OC1CN(C(=O)O)CCC1c1ccc(OCCCOc2c(OC)cccc2OC)cc1)c1ccc2c(c1)NC(=O)CC2. The molecule has 0 spiro atoms. The van der Waals surface area contributed by atoms with Crippen LogP contribution in [0.25, 0.3) is 0 Å². The van der Waals surface area contributed by atoms with E-state index in [0.717, 1.165) is 34.5 Å². The first-order valence-corrected chi connectivity index (χ1v) is 16.5. The first-order valence-electron chi connectivity index (χ1n) is 16.5. The molecule has 3 aromatic rings. The van der Waals surface area contributed by atoms with E-state index in [1.165, 1.54) is 4.90 Å². The Balaban J connectivity index is 1.24. The van der Waals surface area contributed by atoms with E-state index in [1.54, 1.807) is 21.3 Å². The lowest BCUT2D eigenvalue weighted by Gasteiger charge is -2.39. The third-order valence-electron chi connectivity index (χ3n) is 8.88. The summed E-state index contributed by atoms with van der Waals surface area (Å²) < 4.78 is 34.9. The van der Waals surface area contributed by atoms with Gasteiger partial charge in [-0.15, -0.1) is 0 Å². The number of methoxy groups -OCH3 is 3. The van der Waals surface area contributed by atoms with Gasteiger partial charge in [0.05, 0.1) is 46.2 Å². The number of anilines is 1.